The fourth-order valence-electron chi connectivity index (χ4n) is 1.02. The van der Waals surface area contributed by atoms with Gasteiger partial charge in [0.2, 0.25) is 0 Å². The van der Waals surface area contributed by atoms with Gasteiger partial charge in [-0.1, -0.05) is 24.3 Å². The Morgan fingerprint density at radius 3 is 2.00 bits per heavy atom. The summed E-state index contributed by atoms with van der Waals surface area (Å²) in [5.74, 6) is 0.579. The van der Waals surface area contributed by atoms with Gasteiger partial charge in [-0.25, -0.2) is 0 Å². The monoisotopic (exact) mass is 228 g/mol. The minimum atomic E-state index is -1.39. The SMILES string of the molecule is C[Si](C)(C)OCc1ccc(CCl)cc1. The molecule has 0 aliphatic heterocycles. The highest BCUT2D eigenvalue weighted by Gasteiger charge is 2.13. The van der Waals surface area contributed by atoms with Gasteiger partial charge in [0.05, 0.1) is 6.61 Å². The Labute approximate surface area is 92.2 Å². The van der Waals surface area contributed by atoms with E-state index in [1.165, 1.54) is 5.56 Å². The van der Waals surface area contributed by atoms with Gasteiger partial charge in [-0.15, -0.1) is 11.6 Å². The maximum atomic E-state index is 5.79. The van der Waals surface area contributed by atoms with E-state index in [9.17, 15) is 0 Å². The van der Waals surface area contributed by atoms with Gasteiger partial charge in [-0.05, 0) is 30.8 Å². The van der Waals surface area contributed by atoms with Crippen LogP contribution in [0.4, 0.5) is 0 Å². The maximum absolute atomic E-state index is 5.79. The summed E-state index contributed by atoms with van der Waals surface area (Å²) in [5.41, 5.74) is 2.38. The summed E-state index contributed by atoms with van der Waals surface area (Å²) in [7, 11) is -1.39. The smallest absolute Gasteiger partial charge is 0.184 e. The lowest BCUT2D eigenvalue weighted by atomic mass is 10.2. The molecule has 1 rings (SSSR count). The topological polar surface area (TPSA) is 9.23 Å². The van der Waals surface area contributed by atoms with Gasteiger partial charge in [0.25, 0.3) is 0 Å². The third-order valence-electron chi connectivity index (χ3n) is 1.85. The van der Waals surface area contributed by atoms with Gasteiger partial charge in [-0.3, -0.25) is 0 Å². The molecular formula is C11H17ClOSi. The number of halogens is 1. The molecule has 0 radical (unpaired) electrons. The molecule has 1 nitrogen and oxygen atoms in total. The molecule has 0 aromatic heterocycles. The van der Waals surface area contributed by atoms with E-state index in [0.717, 1.165) is 12.2 Å². The second kappa shape index (κ2) is 4.96. The molecule has 0 N–H and O–H groups in total. The second-order valence-electron chi connectivity index (χ2n) is 4.35. The van der Waals surface area contributed by atoms with Crippen molar-refractivity contribution in [2.45, 2.75) is 32.1 Å². The van der Waals surface area contributed by atoms with Crippen molar-refractivity contribution < 1.29 is 4.43 Å². The number of hydrogen-bond donors (Lipinski definition) is 0. The largest absolute Gasteiger partial charge is 0.413 e. The Morgan fingerprint density at radius 1 is 1.07 bits per heavy atom. The van der Waals surface area contributed by atoms with Crippen LogP contribution in [0.15, 0.2) is 24.3 Å². The first-order valence-electron chi connectivity index (χ1n) is 4.79. The summed E-state index contributed by atoms with van der Waals surface area (Å²) < 4.78 is 5.79. The Morgan fingerprint density at radius 2 is 1.57 bits per heavy atom. The molecule has 78 valence electrons. The van der Waals surface area contributed by atoms with E-state index < -0.39 is 8.32 Å². The van der Waals surface area contributed by atoms with Crippen molar-refractivity contribution in [2.75, 3.05) is 0 Å². The molecule has 1 aromatic rings. The van der Waals surface area contributed by atoms with Crippen LogP contribution in [0.2, 0.25) is 19.6 Å². The second-order valence-corrected chi connectivity index (χ2v) is 9.13. The summed E-state index contributed by atoms with van der Waals surface area (Å²) in [6.45, 7) is 7.30. The molecule has 14 heavy (non-hydrogen) atoms. The summed E-state index contributed by atoms with van der Waals surface area (Å²) >= 11 is 5.70. The van der Waals surface area contributed by atoms with Gasteiger partial charge in [0, 0.05) is 5.88 Å². The quantitative estimate of drug-likeness (QED) is 0.563. The van der Waals surface area contributed by atoms with Crippen molar-refractivity contribution in [3.05, 3.63) is 35.4 Å². The third kappa shape index (κ3) is 4.27. The van der Waals surface area contributed by atoms with Crippen LogP contribution in [0.1, 0.15) is 11.1 Å². The van der Waals surface area contributed by atoms with Crippen LogP contribution in [0.25, 0.3) is 0 Å². The molecule has 0 fully saturated rings. The zero-order chi connectivity index (χ0) is 10.6. The first-order chi connectivity index (χ1) is 6.51. The van der Waals surface area contributed by atoms with Crippen LogP contribution < -0.4 is 0 Å². The zero-order valence-corrected chi connectivity index (χ0v) is 10.8. The highest BCUT2D eigenvalue weighted by molar-refractivity contribution is 6.69. The molecule has 3 heteroatoms. The molecule has 0 atom stereocenters. The molecule has 0 spiro atoms. The van der Waals surface area contributed by atoms with Crippen LogP contribution in [0.5, 0.6) is 0 Å². The standard InChI is InChI=1S/C11H17ClOSi/c1-14(2,3)13-9-11-6-4-10(8-12)5-7-11/h4-7H,8-9H2,1-3H3. The first kappa shape index (κ1) is 11.8. The summed E-state index contributed by atoms with van der Waals surface area (Å²) in [4.78, 5) is 0. The van der Waals surface area contributed by atoms with Crippen molar-refractivity contribution in [3.8, 4) is 0 Å². The Balaban J connectivity index is 2.52. The molecular weight excluding hydrogens is 212 g/mol. The number of rotatable bonds is 4. The minimum absolute atomic E-state index is 0.579. The third-order valence-corrected chi connectivity index (χ3v) is 3.17. The highest BCUT2D eigenvalue weighted by atomic mass is 35.5. The Hall–Kier alpha value is -0.313. The van der Waals surface area contributed by atoms with Gasteiger partial charge >= 0.3 is 0 Å². The first-order valence-corrected chi connectivity index (χ1v) is 8.73. The lowest BCUT2D eigenvalue weighted by molar-refractivity contribution is 0.299. The van der Waals surface area contributed by atoms with Gasteiger partial charge in [0.15, 0.2) is 8.32 Å². The molecule has 0 amide bonds. The van der Waals surface area contributed by atoms with Crippen LogP contribution in [-0.4, -0.2) is 8.32 Å². The van der Waals surface area contributed by atoms with Gasteiger partial charge < -0.3 is 4.43 Å². The Bertz CT molecular complexity index is 276. The maximum Gasteiger partial charge on any atom is 0.184 e. The van der Waals surface area contributed by atoms with Crippen molar-refractivity contribution in [2.24, 2.45) is 0 Å². The average Bonchev–Trinajstić information content (AvgIpc) is 2.14. The van der Waals surface area contributed by atoms with Crippen molar-refractivity contribution in [1.82, 2.24) is 0 Å². The molecule has 0 heterocycles. The van der Waals surface area contributed by atoms with Crippen molar-refractivity contribution in [3.63, 3.8) is 0 Å². The van der Waals surface area contributed by atoms with E-state index in [4.69, 9.17) is 16.0 Å². The summed E-state index contributed by atoms with van der Waals surface area (Å²) in [6.07, 6.45) is 0. The van der Waals surface area contributed by atoms with Gasteiger partial charge in [0.1, 0.15) is 0 Å². The van der Waals surface area contributed by atoms with E-state index in [0.29, 0.717) is 5.88 Å². The van der Waals surface area contributed by atoms with E-state index in [-0.39, 0.29) is 0 Å². The zero-order valence-electron chi connectivity index (χ0n) is 9.01. The highest BCUT2D eigenvalue weighted by Crippen LogP contribution is 2.11. The van der Waals surface area contributed by atoms with Crippen LogP contribution in [0, 0.1) is 0 Å². The predicted octanol–water partition coefficient (Wildman–Crippen LogP) is 3.78. The van der Waals surface area contributed by atoms with Gasteiger partial charge in [-0.2, -0.15) is 0 Å². The molecule has 0 aliphatic carbocycles. The molecule has 0 aliphatic rings. The minimum Gasteiger partial charge on any atom is -0.413 e. The van der Waals surface area contributed by atoms with Crippen molar-refractivity contribution >= 4 is 19.9 Å². The summed E-state index contributed by atoms with van der Waals surface area (Å²) in [6, 6.07) is 8.27. The number of hydrogen-bond acceptors (Lipinski definition) is 1. The molecule has 0 saturated heterocycles. The Kier molecular flexibility index (Phi) is 4.17. The summed E-state index contributed by atoms with van der Waals surface area (Å²) in [5, 5.41) is 0. The van der Waals surface area contributed by atoms with E-state index >= 15 is 0 Å². The van der Waals surface area contributed by atoms with Crippen molar-refractivity contribution in [1.29, 1.82) is 0 Å². The normalized spacial score (nSPS) is 11.7. The lowest BCUT2D eigenvalue weighted by Gasteiger charge is -2.17. The molecule has 0 bridgehead atoms. The molecule has 1 aromatic carbocycles. The van der Waals surface area contributed by atoms with Crippen LogP contribution in [0.3, 0.4) is 0 Å². The molecule has 0 saturated carbocycles. The average molecular weight is 229 g/mol. The van der Waals surface area contributed by atoms with E-state index in [2.05, 4.69) is 43.9 Å². The lowest BCUT2D eigenvalue weighted by Crippen LogP contribution is -2.24. The van der Waals surface area contributed by atoms with Crippen LogP contribution >= 0.6 is 11.6 Å². The predicted molar refractivity (Wildman–Crippen MR) is 64.1 cm³/mol. The molecule has 0 unspecified atom stereocenters. The number of alkyl halides is 1. The fraction of sp³-hybridized carbons (Fsp3) is 0.455. The number of benzene rings is 1. The van der Waals surface area contributed by atoms with E-state index in [1.807, 2.05) is 0 Å². The van der Waals surface area contributed by atoms with E-state index in [1.54, 1.807) is 0 Å². The van der Waals surface area contributed by atoms with Crippen LogP contribution in [-0.2, 0) is 16.9 Å². The fourth-order valence-corrected chi connectivity index (χ4v) is 1.80.